The normalized spacial score (nSPS) is 15.3. The van der Waals surface area contributed by atoms with Crippen molar-refractivity contribution in [1.82, 2.24) is 0 Å². The second kappa shape index (κ2) is 4.97. The van der Waals surface area contributed by atoms with Gasteiger partial charge in [-0.05, 0) is 66.1 Å². The summed E-state index contributed by atoms with van der Waals surface area (Å²) in [6.07, 6.45) is 3.56. The Balaban J connectivity index is 1.97. The van der Waals surface area contributed by atoms with Gasteiger partial charge in [0.25, 0.3) is 0 Å². The van der Waals surface area contributed by atoms with Crippen molar-refractivity contribution >= 4 is 11.6 Å². The smallest absolute Gasteiger partial charge is 0.123 e. The van der Waals surface area contributed by atoms with E-state index < -0.39 is 0 Å². The average molecular weight is 275 g/mol. The van der Waals surface area contributed by atoms with Crippen LogP contribution in [0.5, 0.6) is 0 Å². The summed E-state index contributed by atoms with van der Waals surface area (Å²) < 4.78 is 13.2. The van der Waals surface area contributed by atoms with Crippen LogP contribution in [0.3, 0.4) is 0 Å². The number of fused-ring (bicyclic) bond motifs is 1. The molecule has 1 aliphatic rings. The van der Waals surface area contributed by atoms with Crippen LogP contribution in [-0.4, -0.2) is 0 Å². The first kappa shape index (κ1) is 12.7. The van der Waals surface area contributed by atoms with Gasteiger partial charge in [0.1, 0.15) is 5.82 Å². The second-order valence-electron chi connectivity index (χ2n) is 5.25. The molecule has 0 aromatic heterocycles. The summed E-state index contributed by atoms with van der Waals surface area (Å²) in [6.45, 7) is 1.90. The number of alkyl halides is 1. The van der Waals surface area contributed by atoms with Gasteiger partial charge in [0, 0.05) is 0 Å². The minimum absolute atomic E-state index is 0.202. The maximum absolute atomic E-state index is 13.2. The highest BCUT2D eigenvalue weighted by atomic mass is 35.5. The topological polar surface area (TPSA) is 0 Å². The van der Waals surface area contributed by atoms with Crippen LogP contribution < -0.4 is 0 Å². The molecule has 19 heavy (non-hydrogen) atoms. The Morgan fingerprint density at radius 3 is 2.63 bits per heavy atom. The van der Waals surface area contributed by atoms with Gasteiger partial charge in [-0.2, -0.15) is 0 Å². The maximum Gasteiger partial charge on any atom is 0.123 e. The quantitative estimate of drug-likeness (QED) is 0.680. The van der Waals surface area contributed by atoms with E-state index in [1.54, 1.807) is 6.07 Å². The molecule has 0 saturated carbocycles. The summed E-state index contributed by atoms with van der Waals surface area (Å²) >= 11 is 6.57. The summed E-state index contributed by atoms with van der Waals surface area (Å²) in [5, 5.41) is -0.202. The summed E-state index contributed by atoms with van der Waals surface area (Å²) in [6, 6.07) is 11.3. The summed E-state index contributed by atoms with van der Waals surface area (Å²) in [7, 11) is 0. The maximum atomic E-state index is 13.2. The van der Waals surface area contributed by atoms with E-state index in [9.17, 15) is 4.39 Å². The van der Waals surface area contributed by atoms with E-state index in [0.29, 0.717) is 0 Å². The average Bonchev–Trinajstić information content (AvgIpc) is 2.85. The molecule has 0 bridgehead atoms. The molecule has 2 aromatic carbocycles. The van der Waals surface area contributed by atoms with Gasteiger partial charge in [-0.15, -0.1) is 11.6 Å². The highest BCUT2D eigenvalue weighted by Crippen LogP contribution is 2.34. The van der Waals surface area contributed by atoms with Gasteiger partial charge in [-0.1, -0.05) is 24.3 Å². The summed E-state index contributed by atoms with van der Waals surface area (Å²) in [4.78, 5) is 0. The minimum Gasteiger partial charge on any atom is -0.207 e. The molecule has 0 nitrogen and oxygen atoms in total. The zero-order valence-electron chi connectivity index (χ0n) is 10.9. The lowest BCUT2D eigenvalue weighted by atomic mass is 9.97. The van der Waals surface area contributed by atoms with Crippen LogP contribution in [0.1, 0.15) is 39.6 Å². The molecule has 0 radical (unpaired) electrons. The van der Waals surface area contributed by atoms with Crippen molar-refractivity contribution in [2.24, 2.45) is 0 Å². The van der Waals surface area contributed by atoms with Crippen molar-refractivity contribution in [3.63, 3.8) is 0 Å². The lowest BCUT2D eigenvalue weighted by Crippen LogP contribution is -1.98. The molecule has 3 rings (SSSR count). The van der Waals surface area contributed by atoms with Gasteiger partial charge in [0.2, 0.25) is 0 Å². The van der Waals surface area contributed by atoms with E-state index in [-0.39, 0.29) is 11.2 Å². The number of benzene rings is 2. The van der Waals surface area contributed by atoms with Crippen LogP contribution in [0.4, 0.5) is 4.39 Å². The van der Waals surface area contributed by atoms with Crippen LogP contribution in [0.2, 0.25) is 0 Å². The predicted octanol–water partition coefficient (Wildman–Crippen LogP) is 4.95. The molecule has 0 aliphatic heterocycles. The Morgan fingerprint density at radius 2 is 1.84 bits per heavy atom. The van der Waals surface area contributed by atoms with Crippen molar-refractivity contribution in [3.8, 4) is 0 Å². The molecule has 0 saturated heterocycles. The number of hydrogen-bond acceptors (Lipinski definition) is 0. The van der Waals surface area contributed by atoms with Crippen LogP contribution in [0.15, 0.2) is 36.4 Å². The number of hydrogen-bond donors (Lipinski definition) is 0. The first-order valence-electron chi connectivity index (χ1n) is 6.67. The molecule has 0 fully saturated rings. The first-order valence-corrected chi connectivity index (χ1v) is 7.10. The van der Waals surface area contributed by atoms with Crippen LogP contribution in [0.25, 0.3) is 0 Å². The van der Waals surface area contributed by atoms with Crippen LogP contribution >= 0.6 is 11.6 Å². The standard InChI is InChI=1S/C17H16ClF/c1-11-9-15(19)7-8-16(11)17(18)14-6-5-12-3-2-4-13(12)10-14/h5-10,17H,2-4H2,1H3. The summed E-state index contributed by atoms with van der Waals surface area (Å²) in [5.74, 6) is -0.209. The third-order valence-electron chi connectivity index (χ3n) is 3.92. The molecule has 0 spiro atoms. The Labute approximate surface area is 118 Å². The molecule has 98 valence electrons. The molecule has 0 N–H and O–H groups in total. The van der Waals surface area contributed by atoms with Gasteiger partial charge in [-0.3, -0.25) is 0 Å². The zero-order valence-corrected chi connectivity index (χ0v) is 11.7. The molecule has 1 atom stereocenters. The monoisotopic (exact) mass is 274 g/mol. The van der Waals surface area contributed by atoms with Crippen molar-refractivity contribution in [2.75, 3.05) is 0 Å². The Morgan fingerprint density at radius 1 is 1.05 bits per heavy atom. The van der Waals surface area contributed by atoms with Gasteiger partial charge >= 0.3 is 0 Å². The minimum atomic E-state index is -0.209. The molecule has 1 unspecified atom stereocenters. The molecular weight excluding hydrogens is 259 g/mol. The molecule has 1 aliphatic carbocycles. The van der Waals surface area contributed by atoms with Crippen LogP contribution in [-0.2, 0) is 12.8 Å². The number of aryl methyl sites for hydroxylation is 3. The Bertz CT molecular complexity index is 619. The molecule has 0 heterocycles. The fourth-order valence-corrected chi connectivity index (χ4v) is 3.23. The van der Waals surface area contributed by atoms with E-state index in [1.165, 1.54) is 36.1 Å². The highest BCUT2D eigenvalue weighted by molar-refractivity contribution is 6.22. The van der Waals surface area contributed by atoms with Gasteiger partial charge in [0.15, 0.2) is 0 Å². The van der Waals surface area contributed by atoms with Gasteiger partial charge in [-0.25, -0.2) is 4.39 Å². The second-order valence-corrected chi connectivity index (χ2v) is 5.68. The van der Waals surface area contributed by atoms with Gasteiger partial charge < -0.3 is 0 Å². The van der Waals surface area contributed by atoms with Gasteiger partial charge in [0.05, 0.1) is 5.38 Å². The third kappa shape index (κ3) is 2.40. The van der Waals surface area contributed by atoms with Crippen molar-refractivity contribution in [3.05, 3.63) is 70.0 Å². The van der Waals surface area contributed by atoms with Crippen molar-refractivity contribution < 1.29 is 4.39 Å². The molecule has 0 amide bonds. The van der Waals surface area contributed by atoms with E-state index in [1.807, 2.05) is 6.92 Å². The molecule has 2 heteroatoms. The highest BCUT2D eigenvalue weighted by Gasteiger charge is 2.17. The fraction of sp³-hybridized carbons (Fsp3) is 0.294. The number of halogens is 2. The van der Waals surface area contributed by atoms with E-state index in [2.05, 4.69) is 18.2 Å². The van der Waals surface area contributed by atoms with E-state index >= 15 is 0 Å². The number of rotatable bonds is 2. The Kier molecular flexibility index (Phi) is 3.32. The first-order chi connectivity index (χ1) is 9.15. The largest absolute Gasteiger partial charge is 0.207 e. The van der Waals surface area contributed by atoms with Crippen LogP contribution in [0, 0.1) is 12.7 Å². The van der Waals surface area contributed by atoms with E-state index in [4.69, 9.17) is 11.6 Å². The SMILES string of the molecule is Cc1cc(F)ccc1C(Cl)c1ccc2c(c1)CCC2. The lowest BCUT2D eigenvalue weighted by Gasteiger charge is -2.14. The molecule has 2 aromatic rings. The third-order valence-corrected chi connectivity index (χ3v) is 4.41. The van der Waals surface area contributed by atoms with E-state index in [0.717, 1.165) is 23.1 Å². The lowest BCUT2D eigenvalue weighted by molar-refractivity contribution is 0.625. The van der Waals surface area contributed by atoms with Crippen molar-refractivity contribution in [1.29, 1.82) is 0 Å². The van der Waals surface area contributed by atoms with Crippen molar-refractivity contribution in [2.45, 2.75) is 31.6 Å². The predicted molar refractivity (Wildman–Crippen MR) is 77.3 cm³/mol. The summed E-state index contributed by atoms with van der Waals surface area (Å²) in [5.41, 5.74) is 5.87. The zero-order chi connectivity index (χ0) is 13.4. The fourth-order valence-electron chi connectivity index (χ4n) is 2.85. The molecular formula is C17H16ClF. The Hall–Kier alpha value is -1.34.